The first-order valence-electron chi connectivity index (χ1n) is 7.84. The molecule has 0 bridgehead atoms. The number of carbonyl (C=O) groups is 1. The summed E-state index contributed by atoms with van der Waals surface area (Å²) in [6.07, 6.45) is 6.00. The molecule has 19 heavy (non-hydrogen) atoms. The minimum atomic E-state index is -0.590. The number of nitrogens with two attached hydrogens (primary N) is 1. The van der Waals surface area contributed by atoms with Crippen LogP contribution in [0.1, 0.15) is 59.3 Å². The molecule has 0 aromatic rings. The van der Waals surface area contributed by atoms with E-state index >= 15 is 0 Å². The van der Waals surface area contributed by atoms with Gasteiger partial charge in [0, 0.05) is 6.04 Å². The van der Waals surface area contributed by atoms with E-state index in [2.05, 4.69) is 31.0 Å². The predicted octanol–water partition coefficient (Wildman–Crippen LogP) is 1.88. The van der Waals surface area contributed by atoms with E-state index in [1.165, 1.54) is 0 Å². The molecule has 0 saturated heterocycles. The lowest BCUT2D eigenvalue weighted by Crippen LogP contribution is -2.54. The smallest absolute Gasteiger partial charge is 0.240 e. The van der Waals surface area contributed by atoms with Crippen molar-refractivity contribution >= 4 is 5.91 Å². The van der Waals surface area contributed by atoms with E-state index in [0.717, 1.165) is 58.2 Å². The van der Waals surface area contributed by atoms with Gasteiger partial charge >= 0.3 is 0 Å². The maximum absolute atomic E-state index is 12.1. The minimum Gasteiger partial charge on any atom is -0.352 e. The molecule has 112 valence electrons. The third-order valence-electron chi connectivity index (χ3n) is 4.33. The van der Waals surface area contributed by atoms with Gasteiger partial charge in [-0.15, -0.1) is 0 Å². The number of rotatable bonds is 8. The Hall–Kier alpha value is -0.610. The first kappa shape index (κ1) is 16.4. The molecular formula is C15H31N3O. The van der Waals surface area contributed by atoms with Gasteiger partial charge < -0.3 is 16.0 Å². The lowest BCUT2D eigenvalue weighted by molar-refractivity contribution is -0.126. The summed E-state index contributed by atoms with van der Waals surface area (Å²) in [5.41, 5.74) is 5.56. The van der Waals surface area contributed by atoms with Gasteiger partial charge in [0.15, 0.2) is 0 Å². The van der Waals surface area contributed by atoms with Crippen LogP contribution in [0.2, 0.25) is 0 Å². The van der Waals surface area contributed by atoms with Gasteiger partial charge in [-0.05, 0) is 52.2 Å². The molecular weight excluding hydrogens is 238 g/mol. The molecule has 0 spiro atoms. The van der Waals surface area contributed by atoms with Gasteiger partial charge in [-0.2, -0.15) is 0 Å². The van der Waals surface area contributed by atoms with Crippen molar-refractivity contribution in [2.45, 2.75) is 70.9 Å². The second-order valence-electron chi connectivity index (χ2n) is 5.91. The van der Waals surface area contributed by atoms with Crippen molar-refractivity contribution in [1.29, 1.82) is 0 Å². The highest BCUT2D eigenvalue weighted by atomic mass is 16.2. The summed E-state index contributed by atoms with van der Waals surface area (Å²) in [5.74, 6) is 0.0559. The molecule has 3 N–H and O–H groups in total. The molecule has 4 heteroatoms. The molecule has 1 amide bonds. The van der Waals surface area contributed by atoms with Gasteiger partial charge in [0.2, 0.25) is 5.91 Å². The highest BCUT2D eigenvalue weighted by Gasteiger charge is 2.37. The van der Waals surface area contributed by atoms with Gasteiger partial charge in [-0.25, -0.2) is 0 Å². The number of nitrogens with one attached hydrogen (secondary N) is 1. The zero-order chi connectivity index (χ0) is 14.3. The molecule has 1 fully saturated rings. The lowest BCUT2D eigenvalue weighted by atomic mass is 9.97. The van der Waals surface area contributed by atoms with E-state index in [-0.39, 0.29) is 11.9 Å². The fourth-order valence-electron chi connectivity index (χ4n) is 2.83. The van der Waals surface area contributed by atoms with Crippen LogP contribution in [0, 0.1) is 0 Å². The quantitative estimate of drug-likeness (QED) is 0.707. The van der Waals surface area contributed by atoms with Crippen molar-refractivity contribution in [2.75, 3.05) is 19.6 Å². The first-order valence-corrected chi connectivity index (χ1v) is 7.84. The Morgan fingerprint density at radius 1 is 1.32 bits per heavy atom. The van der Waals surface area contributed by atoms with Gasteiger partial charge in [-0.1, -0.05) is 26.7 Å². The predicted molar refractivity (Wildman–Crippen MR) is 80.0 cm³/mol. The van der Waals surface area contributed by atoms with Crippen LogP contribution in [-0.2, 0) is 4.79 Å². The Morgan fingerprint density at radius 3 is 2.42 bits per heavy atom. The largest absolute Gasteiger partial charge is 0.352 e. The highest BCUT2D eigenvalue weighted by Crippen LogP contribution is 2.27. The second kappa shape index (κ2) is 7.85. The molecule has 0 aromatic heterocycles. The number of nitrogens with zero attached hydrogens (tertiary/aromatic N) is 1. The Morgan fingerprint density at radius 2 is 1.89 bits per heavy atom. The first-order chi connectivity index (χ1) is 9.01. The van der Waals surface area contributed by atoms with E-state index in [0.29, 0.717) is 0 Å². The zero-order valence-electron chi connectivity index (χ0n) is 12.9. The summed E-state index contributed by atoms with van der Waals surface area (Å²) >= 11 is 0. The molecule has 0 radical (unpaired) electrons. The van der Waals surface area contributed by atoms with E-state index in [1.807, 2.05) is 0 Å². The van der Waals surface area contributed by atoms with Crippen LogP contribution in [0.4, 0.5) is 0 Å². The fourth-order valence-corrected chi connectivity index (χ4v) is 2.83. The molecule has 1 unspecified atom stereocenters. The van der Waals surface area contributed by atoms with Crippen molar-refractivity contribution in [1.82, 2.24) is 10.2 Å². The number of carbonyl (C=O) groups excluding carboxylic acids is 1. The number of hydrogen-bond acceptors (Lipinski definition) is 3. The fraction of sp³-hybridized carbons (Fsp3) is 0.933. The molecule has 0 heterocycles. The van der Waals surface area contributed by atoms with Crippen LogP contribution in [0.5, 0.6) is 0 Å². The van der Waals surface area contributed by atoms with Crippen LogP contribution in [0.3, 0.4) is 0 Å². The molecule has 1 aliphatic rings. The van der Waals surface area contributed by atoms with Crippen LogP contribution >= 0.6 is 0 Å². The summed E-state index contributed by atoms with van der Waals surface area (Å²) in [5, 5.41) is 3.09. The zero-order valence-corrected chi connectivity index (χ0v) is 12.9. The average molecular weight is 269 g/mol. The van der Waals surface area contributed by atoms with Crippen molar-refractivity contribution in [3.05, 3.63) is 0 Å². The van der Waals surface area contributed by atoms with Gasteiger partial charge in [0.05, 0.1) is 5.54 Å². The standard InChI is InChI=1S/C15H31N3O/c1-4-18(5-2)12-8-9-13(3)17-14(19)15(16)10-6-7-11-15/h13H,4-12,16H2,1-3H3,(H,17,19). The van der Waals surface area contributed by atoms with Gasteiger partial charge in [0.25, 0.3) is 0 Å². The second-order valence-corrected chi connectivity index (χ2v) is 5.91. The van der Waals surface area contributed by atoms with E-state index < -0.39 is 5.54 Å². The molecule has 0 aliphatic heterocycles. The molecule has 0 aromatic carbocycles. The van der Waals surface area contributed by atoms with Crippen molar-refractivity contribution in [3.63, 3.8) is 0 Å². The Labute approximate surface area is 118 Å². The van der Waals surface area contributed by atoms with Crippen LogP contribution < -0.4 is 11.1 Å². The third-order valence-corrected chi connectivity index (χ3v) is 4.33. The maximum Gasteiger partial charge on any atom is 0.240 e. The van der Waals surface area contributed by atoms with Gasteiger partial charge in [0.1, 0.15) is 0 Å². The molecule has 1 rings (SSSR count). The van der Waals surface area contributed by atoms with Crippen LogP contribution in [0.15, 0.2) is 0 Å². The molecule has 1 atom stereocenters. The summed E-state index contributed by atoms with van der Waals surface area (Å²) in [6, 6.07) is 0.226. The summed E-state index contributed by atoms with van der Waals surface area (Å²) in [4.78, 5) is 14.6. The van der Waals surface area contributed by atoms with Crippen LogP contribution in [-0.4, -0.2) is 42.0 Å². The Balaban J connectivity index is 2.23. The molecule has 1 saturated carbocycles. The summed E-state index contributed by atoms with van der Waals surface area (Å²) < 4.78 is 0. The van der Waals surface area contributed by atoms with E-state index in [4.69, 9.17) is 5.73 Å². The van der Waals surface area contributed by atoms with Crippen LogP contribution in [0.25, 0.3) is 0 Å². The average Bonchev–Trinajstić information content (AvgIpc) is 2.83. The Bertz CT molecular complexity index is 271. The summed E-state index contributed by atoms with van der Waals surface area (Å²) in [7, 11) is 0. The normalized spacial score (nSPS) is 19.6. The molecule has 1 aliphatic carbocycles. The van der Waals surface area contributed by atoms with Gasteiger partial charge in [-0.3, -0.25) is 4.79 Å². The molecule has 4 nitrogen and oxygen atoms in total. The minimum absolute atomic E-state index is 0.0559. The maximum atomic E-state index is 12.1. The van der Waals surface area contributed by atoms with Crippen molar-refractivity contribution in [2.24, 2.45) is 5.73 Å². The van der Waals surface area contributed by atoms with E-state index in [1.54, 1.807) is 0 Å². The van der Waals surface area contributed by atoms with E-state index in [9.17, 15) is 4.79 Å². The number of hydrogen-bond donors (Lipinski definition) is 2. The highest BCUT2D eigenvalue weighted by molar-refractivity contribution is 5.86. The SMILES string of the molecule is CCN(CC)CCCC(C)NC(=O)C1(N)CCCC1. The van der Waals surface area contributed by atoms with Crippen molar-refractivity contribution < 1.29 is 4.79 Å². The lowest BCUT2D eigenvalue weighted by Gasteiger charge is -2.25. The number of amides is 1. The monoisotopic (exact) mass is 269 g/mol. The Kier molecular flexibility index (Phi) is 6.80. The topological polar surface area (TPSA) is 58.4 Å². The summed E-state index contributed by atoms with van der Waals surface area (Å²) in [6.45, 7) is 9.77. The van der Waals surface area contributed by atoms with Crippen molar-refractivity contribution in [3.8, 4) is 0 Å². The third kappa shape index (κ3) is 5.11.